The zero-order valence-corrected chi connectivity index (χ0v) is 18.0. The normalized spacial score (nSPS) is 16.1. The van der Waals surface area contributed by atoms with Crippen molar-refractivity contribution in [2.24, 2.45) is 0 Å². The van der Waals surface area contributed by atoms with Crippen molar-refractivity contribution in [2.75, 3.05) is 37.7 Å². The summed E-state index contributed by atoms with van der Waals surface area (Å²) in [6, 6.07) is 6.21. The molecule has 0 unspecified atom stereocenters. The van der Waals surface area contributed by atoms with Gasteiger partial charge in [0.2, 0.25) is 0 Å². The molecule has 1 aliphatic rings. The Kier molecular flexibility index (Phi) is 7.36. The molecule has 1 aliphatic heterocycles. The molecule has 3 rings (SSSR count). The Labute approximate surface area is 188 Å². The Hall–Kier alpha value is -1.91. The fourth-order valence-corrected chi connectivity index (χ4v) is 5.07. The van der Waals surface area contributed by atoms with E-state index < -0.39 is 30.1 Å². The fourth-order valence-electron chi connectivity index (χ4n) is 3.22. The zero-order valence-electron chi connectivity index (χ0n) is 16.4. The summed E-state index contributed by atoms with van der Waals surface area (Å²) in [6.45, 7) is 1.51. The summed E-state index contributed by atoms with van der Waals surface area (Å²) in [5, 5.41) is 20.6. The highest BCUT2D eigenvalue weighted by Gasteiger charge is 2.71. The number of rotatable bonds is 4. The largest absolute Gasteiger partial charge is 0.430 e. The Bertz CT molecular complexity index is 961. The molecule has 0 spiro atoms. The predicted molar refractivity (Wildman–Crippen MR) is 110 cm³/mol. The molecule has 0 saturated carbocycles. The number of thiophene rings is 1. The molecule has 0 bridgehead atoms. The van der Waals surface area contributed by atoms with Crippen LogP contribution in [0, 0.1) is 11.8 Å². The van der Waals surface area contributed by atoms with Gasteiger partial charge < -0.3 is 15.1 Å². The SMILES string of the molecule is OCC#Cc1cc(C(O)(C(F)(F)F)C(F)(F)F)ccc1N1CCN(Sc2cccs2)CC1. The van der Waals surface area contributed by atoms with E-state index in [0.717, 1.165) is 10.3 Å². The topological polar surface area (TPSA) is 46.9 Å². The van der Waals surface area contributed by atoms with Crippen LogP contribution in [0.1, 0.15) is 11.1 Å². The van der Waals surface area contributed by atoms with Crippen molar-refractivity contribution in [3.8, 4) is 11.8 Å². The molecule has 1 aromatic carbocycles. The van der Waals surface area contributed by atoms with Crippen molar-refractivity contribution in [2.45, 2.75) is 22.2 Å². The lowest BCUT2D eigenvalue weighted by Crippen LogP contribution is -2.54. The summed E-state index contributed by atoms with van der Waals surface area (Å²) >= 11 is 3.17. The number of benzene rings is 1. The van der Waals surface area contributed by atoms with Crippen LogP contribution >= 0.6 is 23.3 Å². The number of hydrogen-bond donors (Lipinski definition) is 2. The standard InChI is InChI=1S/C20H18F6N2O2S2/c21-19(22,23)18(30,20(24,25)26)15-5-6-16(14(13-15)3-1-11-29)27-7-9-28(10-8-27)32-17-4-2-12-31-17/h2,4-6,12-13,29-30H,7-11H2. The summed E-state index contributed by atoms with van der Waals surface area (Å²) in [5.74, 6) is 4.68. The van der Waals surface area contributed by atoms with Crippen LogP contribution in [0.5, 0.6) is 0 Å². The third-order valence-corrected chi connectivity index (χ3v) is 6.94. The van der Waals surface area contributed by atoms with Crippen LogP contribution in [-0.4, -0.2) is 59.7 Å². The number of nitrogens with zero attached hydrogens (tertiary/aromatic N) is 2. The van der Waals surface area contributed by atoms with Crippen molar-refractivity contribution < 1.29 is 36.6 Å². The number of aliphatic hydroxyl groups is 2. The van der Waals surface area contributed by atoms with Crippen molar-refractivity contribution in [3.63, 3.8) is 0 Å². The van der Waals surface area contributed by atoms with Gasteiger partial charge in [-0.05, 0) is 35.5 Å². The van der Waals surface area contributed by atoms with E-state index >= 15 is 0 Å². The van der Waals surface area contributed by atoms with Gasteiger partial charge in [0.05, 0.1) is 9.90 Å². The van der Waals surface area contributed by atoms with E-state index in [-0.39, 0.29) is 5.56 Å². The first kappa shape index (κ1) is 24.7. The molecule has 1 aromatic heterocycles. The van der Waals surface area contributed by atoms with Crippen LogP contribution in [0.3, 0.4) is 0 Å². The van der Waals surface area contributed by atoms with Crippen LogP contribution in [0.25, 0.3) is 0 Å². The van der Waals surface area contributed by atoms with E-state index in [9.17, 15) is 31.4 Å². The highest BCUT2D eigenvalue weighted by Crippen LogP contribution is 2.50. The molecular weight excluding hydrogens is 478 g/mol. The monoisotopic (exact) mass is 496 g/mol. The quantitative estimate of drug-likeness (QED) is 0.377. The Morgan fingerprint density at radius 3 is 2.19 bits per heavy atom. The first-order valence-corrected chi connectivity index (χ1v) is 10.9. The number of hydrogen-bond acceptors (Lipinski definition) is 6. The molecule has 0 amide bonds. The van der Waals surface area contributed by atoms with Crippen LogP contribution in [0.2, 0.25) is 0 Å². The van der Waals surface area contributed by atoms with Gasteiger partial charge in [0, 0.05) is 37.3 Å². The summed E-state index contributed by atoms with van der Waals surface area (Å²) in [6.07, 6.45) is -12.0. The highest BCUT2D eigenvalue weighted by molar-refractivity contribution is 7.98. The second-order valence-electron chi connectivity index (χ2n) is 6.84. The van der Waals surface area contributed by atoms with E-state index in [4.69, 9.17) is 5.11 Å². The van der Waals surface area contributed by atoms with Gasteiger partial charge in [-0.25, -0.2) is 4.31 Å². The molecule has 0 aliphatic carbocycles. The maximum atomic E-state index is 13.3. The summed E-state index contributed by atoms with van der Waals surface area (Å²) in [5.41, 5.74) is -6.22. The van der Waals surface area contributed by atoms with Crippen LogP contribution in [-0.2, 0) is 5.60 Å². The number of aliphatic hydroxyl groups excluding tert-OH is 1. The van der Waals surface area contributed by atoms with Gasteiger partial charge in [-0.2, -0.15) is 26.3 Å². The smallest absolute Gasteiger partial charge is 0.384 e. The summed E-state index contributed by atoms with van der Waals surface area (Å²) in [4.78, 5) is 1.80. The molecule has 32 heavy (non-hydrogen) atoms. The molecule has 4 nitrogen and oxygen atoms in total. The van der Waals surface area contributed by atoms with Crippen molar-refractivity contribution >= 4 is 29.0 Å². The molecule has 2 heterocycles. The second-order valence-corrected chi connectivity index (χ2v) is 9.18. The van der Waals surface area contributed by atoms with E-state index in [2.05, 4.69) is 16.1 Å². The third kappa shape index (κ3) is 5.02. The molecule has 0 atom stereocenters. The zero-order chi connectivity index (χ0) is 23.6. The van der Waals surface area contributed by atoms with Gasteiger partial charge in [-0.1, -0.05) is 24.0 Å². The molecule has 12 heteroatoms. The molecule has 0 radical (unpaired) electrons. The van der Waals surface area contributed by atoms with Crippen LogP contribution in [0.4, 0.5) is 32.0 Å². The van der Waals surface area contributed by atoms with Gasteiger partial charge in [0.25, 0.3) is 5.60 Å². The average Bonchev–Trinajstić information content (AvgIpc) is 3.23. The second kappa shape index (κ2) is 9.52. The molecule has 174 valence electrons. The van der Waals surface area contributed by atoms with E-state index in [1.54, 1.807) is 28.2 Å². The minimum absolute atomic E-state index is 0.136. The average molecular weight is 496 g/mol. The van der Waals surface area contributed by atoms with Crippen molar-refractivity contribution in [1.82, 2.24) is 4.31 Å². The Morgan fingerprint density at radius 2 is 1.66 bits per heavy atom. The lowest BCUT2D eigenvalue weighted by molar-refractivity contribution is -0.376. The molecule has 2 aromatic rings. The van der Waals surface area contributed by atoms with Crippen LogP contribution < -0.4 is 4.90 Å². The first-order valence-electron chi connectivity index (χ1n) is 9.29. The maximum absolute atomic E-state index is 13.3. The number of halogens is 6. The van der Waals surface area contributed by atoms with Gasteiger partial charge in [0.15, 0.2) is 0 Å². The predicted octanol–water partition coefficient (Wildman–Crippen LogP) is 4.23. The Morgan fingerprint density at radius 1 is 1.00 bits per heavy atom. The van der Waals surface area contributed by atoms with Gasteiger partial charge in [-0.15, -0.1) is 11.3 Å². The number of anilines is 1. The highest BCUT2D eigenvalue weighted by atomic mass is 32.2. The number of piperazine rings is 1. The molecule has 1 saturated heterocycles. The number of alkyl halides is 6. The van der Waals surface area contributed by atoms with Crippen molar-refractivity contribution in [3.05, 3.63) is 46.8 Å². The Balaban J connectivity index is 1.89. The summed E-state index contributed by atoms with van der Waals surface area (Å²) in [7, 11) is 0. The van der Waals surface area contributed by atoms with E-state index in [0.29, 0.717) is 44.0 Å². The van der Waals surface area contributed by atoms with Gasteiger partial charge >= 0.3 is 12.4 Å². The van der Waals surface area contributed by atoms with Crippen LogP contribution in [0.15, 0.2) is 39.9 Å². The maximum Gasteiger partial charge on any atom is 0.430 e. The molecular formula is C20H18F6N2O2S2. The van der Waals surface area contributed by atoms with E-state index in [1.807, 2.05) is 17.5 Å². The minimum Gasteiger partial charge on any atom is -0.384 e. The first-order chi connectivity index (χ1) is 15.0. The van der Waals surface area contributed by atoms with Gasteiger partial charge in [-0.3, -0.25) is 0 Å². The van der Waals surface area contributed by atoms with Gasteiger partial charge in [0.1, 0.15) is 6.61 Å². The van der Waals surface area contributed by atoms with Crippen molar-refractivity contribution in [1.29, 1.82) is 0 Å². The third-order valence-electron chi connectivity index (χ3n) is 4.83. The minimum atomic E-state index is -5.99. The lowest BCUT2D eigenvalue weighted by atomic mass is 9.90. The molecule has 2 N–H and O–H groups in total. The lowest BCUT2D eigenvalue weighted by Gasteiger charge is -2.36. The summed E-state index contributed by atoms with van der Waals surface area (Å²) < 4.78 is 82.8. The fraction of sp³-hybridized carbons (Fsp3) is 0.400. The van der Waals surface area contributed by atoms with E-state index in [1.165, 1.54) is 0 Å². The molecule has 1 fully saturated rings.